The van der Waals surface area contributed by atoms with Crippen LogP contribution in [0.15, 0.2) is 51.6 Å². The summed E-state index contributed by atoms with van der Waals surface area (Å²) in [5.41, 5.74) is 1.59. The molecule has 76 valence electrons. The van der Waals surface area contributed by atoms with E-state index < -0.39 is 0 Å². The Morgan fingerprint density at radius 2 is 2.07 bits per heavy atom. The summed E-state index contributed by atoms with van der Waals surface area (Å²) in [6.07, 6.45) is 5.23. The maximum Gasteiger partial charge on any atom is 0.125 e. The van der Waals surface area contributed by atoms with Crippen LogP contribution in [-0.2, 0) is 0 Å². The average Bonchev–Trinajstić information content (AvgIpc) is 2.16. The van der Waals surface area contributed by atoms with Gasteiger partial charge in [-0.05, 0) is 25.5 Å². The zero-order chi connectivity index (χ0) is 11.1. The smallest absolute Gasteiger partial charge is 0.125 e. The molecule has 0 aromatic carbocycles. The monoisotopic (exact) mass is 273 g/mol. The maximum absolute atomic E-state index is 5.79. The summed E-state index contributed by atoms with van der Waals surface area (Å²) in [5.74, 6) is 0. The molecule has 0 saturated carbocycles. The van der Waals surface area contributed by atoms with E-state index in [1.807, 2.05) is 19.9 Å². The van der Waals surface area contributed by atoms with Crippen LogP contribution in [0, 0.1) is 0 Å². The van der Waals surface area contributed by atoms with Crippen LogP contribution in [0.25, 0.3) is 0 Å². The van der Waals surface area contributed by atoms with Gasteiger partial charge in [0.1, 0.15) is 5.16 Å². The van der Waals surface area contributed by atoms with Gasteiger partial charge in [0.25, 0.3) is 0 Å². The lowest BCUT2D eigenvalue weighted by Gasteiger charge is -1.99. The van der Waals surface area contributed by atoms with E-state index in [9.17, 15) is 0 Å². The first kappa shape index (κ1) is 13.4. The van der Waals surface area contributed by atoms with Crippen molar-refractivity contribution in [3.05, 3.63) is 46.6 Å². The zero-order valence-corrected chi connectivity index (χ0v) is 10.7. The highest BCUT2D eigenvalue weighted by Crippen LogP contribution is 2.12. The van der Waals surface area contributed by atoms with Gasteiger partial charge in [0.05, 0.1) is 5.71 Å². The van der Waals surface area contributed by atoms with Gasteiger partial charge in [0, 0.05) is 4.48 Å². The van der Waals surface area contributed by atoms with E-state index >= 15 is 0 Å². The van der Waals surface area contributed by atoms with Crippen molar-refractivity contribution in [3.8, 4) is 0 Å². The minimum Gasteiger partial charge on any atom is -0.237 e. The molecule has 3 heteroatoms. The van der Waals surface area contributed by atoms with Crippen molar-refractivity contribution in [2.24, 2.45) is 4.99 Å². The van der Waals surface area contributed by atoms with Gasteiger partial charge in [0.15, 0.2) is 0 Å². The maximum atomic E-state index is 5.79. The van der Waals surface area contributed by atoms with Crippen molar-refractivity contribution in [1.82, 2.24) is 0 Å². The third-order valence-electron chi connectivity index (χ3n) is 1.37. The van der Waals surface area contributed by atoms with Crippen molar-refractivity contribution < 1.29 is 0 Å². The predicted molar refractivity (Wildman–Crippen MR) is 69.1 cm³/mol. The van der Waals surface area contributed by atoms with E-state index in [1.165, 1.54) is 0 Å². The molecule has 0 rings (SSSR count). The van der Waals surface area contributed by atoms with Crippen LogP contribution in [0.1, 0.15) is 13.8 Å². The van der Waals surface area contributed by atoms with Gasteiger partial charge in [0.2, 0.25) is 0 Å². The van der Waals surface area contributed by atoms with Crippen molar-refractivity contribution >= 4 is 33.2 Å². The van der Waals surface area contributed by atoms with Crippen LogP contribution in [0.4, 0.5) is 0 Å². The van der Waals surface area contributed by atoms with Crippen LogP contribution in [0.2, 0.25) is 0 Å². The Labute approximate surface area is 98.7 Å². The highest BCUT2D eigenvalue weighted by atomic mass is 79.9. The van der Waals surface area contributed by atoms with E-state index in [1.54, 1.807) is 12.2 Å². The molecule has 0 aliphatic rings. The summed E-state index contributed by atoms with van der Waals surface area (Å²) in [5, 5.41) is 0.448. The van der Waals surface area contributed by atoms with Crippen LogP contribution < -0.4 is 0 Å². The minimum atomic E-state index is 0.448. The van der Waals surface area contributed by atoms with Crippen molar-refractivity contribution in [2.45, 2.75) is 13.8 Å². The van der Waals surface area contributed by atoms with Gasteiger partial charge in [-0.1, -0.05) is 52.8 Å². The largest absolute Gasteiger partial charge is 0.237 e. The molecule has 0 aliphatic carbocycles. The fraction of sp³-hybridized carbons (Fsp3) is 0.182. The highest BCUT2D eigenvalue weighted by molar-refractivity contribution is 9.11. The van der Waals surface area contributed by atoms with E-state index in [0.29, 0.717) is 5.16 Å². The fourth-order valence-corrected chi connectivity index (χ4v) is 0.928. The molecular formula is C11H13BrClN. The number of halogens is 2. The number of hydrogen-bond acceptors (Lipinski definition) is 1. The van der Waals surface area contributed by atoms with Crippen molar-refractivity contribution in [2.75, 3.05) is 0 Å². The molecule has 0 aromatic rings. The third kappa shape index (κ3) is 5.20. The Morgan fingerprint density at radius 1 is 1.50 bits per heavy atom. The number of nitrogens with zero attached hydrogens (tertiary/aromatic N) is 1. The third-order valence-corrected chi connectivity index (χ3v) is 2.23. The summed E-state index contributed by atoms with van der Waals surface area (Å²) in [7, 11) is 0. The number of allylic oxidation sites excluding steroid dienone is 5. The molecule has 0 spiro atoms. The van der Waals surface area contributed by atoms with Gasteiger partial charge < -0.3 is 0 Å². The van der Waals surface area contributed by atoms with E-state index in [0.717, 1.165) is 15.8 Å². The lowest BCUT2D eigenvalue weighted by molar-refractivity contribution is 1.44. The molecule has 0 aliphatic heterocycles. The second-order valence-electron chi connectivity index (χ2n) is 2.62. The molecule has 0 fully saturated rings. The van der Waals surface area contributed by atoms with E-state index in [-0.39, 0.29) is 0 Å². The minimum absolute atomic E-state index is 0.448. The summed E-state index contributed by atoms with van der Waals surface area (Å²) in [6, 6.07) is 0. The molecule has 0 saturated heterocycles. The normalized spacial score (nSPS) is 14.1. The van der Waals surface area contributed by atoms with Gasteiger partial charge in [-0.25, -0.2) is 4.99 Å². The Hall–Kier alpha value is -0.600. The molecule has 0 radical (unpaired) electrons. The standard InChI is InChI=1S/C11H13BrClN/c1-5-9(12)7-10(8(3)4)14-11(13)6-2/h5-7H,1,3H2,2,4H3/b9-7+,11-6-,14-10+. The Kier molecular flexibility index (Phi) is 6.50. The zero-order valence-electron chi connectivity index (χ0n) is 8.35. The molecule has 0 amide bonds. The van der Waals surface area contributed by atoms with Crippen LogP contribution in [0.3, 0.4) is 0 Å². The first-order chi connectivity index (χ1) is 6.51. The Bertz CT molecular complexity index is 324. The van der Waals surface area contributed by atoms with E-state index in [2.05, 4.69) is 34.1 Å². The lowest BCUT2D eigenvalue weighted by atomic mass is 10.2. The summed E-state index contributed by atoms with van der Waals surface area (Å²) in [4.78, 5) is 4.17. The van der Waals surface area contributed by atoms with Crippen LogP contribution >= 0.6 is 27.5 Å². The first-order valence-electron chi connectivity index (χ1n) is 4.07. The van der Waals surface area contributed by atoms with Gasteiger partial charge >= 0.3 is 0 Å². The van der Waals surface area contributed by atoms with Crippen molar-refractivity contribution in [3.63, 3.8) is 0 Å². The molecule has 14 heavy (non-hydrogen) atoms. The molecular weight excluding hydrogens is 261 g/mol. The average molecular weight is 275 g/mol. The fourth-order valence-electron chi connectivity index (χ4n) is 0.620. The van der Waals surface area contributed by atoms with Crippen LogP contribution in [0.5, 0.6) is 0 Å². The molecule has 0 bridgehead atoms. The second-order valence-corrected chi connectivity index (χ2v) is 3.93. The van der Waals surface area contributed by atoms with Gasteiger partial charge in [-0.3, -0.25) is 0 Å². The number of hydrogen-bond donors (Lipinski definition) is 0. The quantitative estimate of drug-likeness (QED) is 0.404. The molecule has 0 unspecified atom stereocenters. The van der Waals surface area contributed by atoms with Crippen LogP contribution in [-0.4, -0.2) is 5.71 Å². The molecule has 1 nitrogen and oxygen atoms in total. The Balaban J connectivity index is 5.07. The second kappa shape index (κ2) is 6.80. The summed E-state index contributed by atoms with van der Waals surface area (Å²) < 4.78 is 0.847. The van der Waals surface area contributed by atoms with E-state index in [4.69, 9.17) is 11.6 Å². The summed E-state index contributed by atoms with van der Waals surface area (Å²) >= 11 is 9.11. The van der Waals surface area contributed by atoms with Gasteiger partial charge in [-0.15, -0.1) is 0 Å². The van der Waals surface area contributed by atoms with Crippen molar-refractivity contribution in [1.29, 1.82) is 0 Å². The molecule has 0 aromatic heterocycles. The number of rotatable bonds is 4. The topological polar surface area (TPSA) is 12.4 Å². The summed E-state index contributed by atoms with van der Waals surface area (Å²) in [6.45, 7) is 11.1. The Morgan fingerprint density at radius 3 is 2.43 bits per heavy atom. The SMILES string of the molecule is C=C\C(Br)=C/C(=N\C(Cl)=C/C)C(=C)C. The molecule has 0 heterocycles. The molecule has 0 atom stereocenters. The molecule has 0 N–H and O–H groups in total. The lowest BCUT2D eigenvalue weighted by Crippen LogP contribution is -1.94. The van der Waals surface area contributed by atoms with Gasteiger partial charge in [-0.2, -0.15) is 0 Å². The number of aliphatic imine (C=N–C) groups is 1. The highest BCUT2D eigenvalue weighted by Gasteiger charge is 1.98. The first-order valence-corrected chi connectivity index (χ1v) is 5.24. The predicted octanol–water partition coefficient (Wildman–Crippen LogP) is 4.57.